The number of hydrogen-bond acceptors (Lipinski definition) is 4. The van der Waals surface area contributed by atoms with Crippen LogP contribution in [0, 0.1) is 0 Å². The number of pyridine rings is 1. The first-order valence-electron chi connectivity index (χ1n) is 5.48. The van der Waals surface area contributed by atoms with Gasteiger partial charge in [0.1, 0.15) is 5.15 Å². The number of nitrogens with zero attached hydrogens (tertiary/aromatic N) is 1. The molecule has 0 fully saturated rings. The van der Waals surface area contributed by atoms with Crippen LogP contribution in [0.4, 0.5) is 11.4 Å². The highest BCUT2D eigenvalue weighted by Crippen LogP contribution is 2.33. The lowest BCUT2D eigenvalue weighted by molar-refractivity contribution is 0.0602. The van der Waals surface area contributed by atoms with Crippen molar-refractivity contribution in [3.63, 3.8) is 0 Å². The van der Waals surface area contributed by atoms with E-state index in [1.807, 2.05) is 0 Å². The fourth-order valence-corrected chi connectivity index (χ4v) is 2.21. The molecule has 0 aliphatic carbocycles. The van der Waals surface area contributed by atoms with Crippen molar-refractivity contribution < 1.29 is 9.53 Å². The number of rotatable bonds is 3. The van der Waals surface area contributed by atoms with Crippen molar-refractivity contribution in [2.75, 3.05) is 12.4 Å². The Morgan fingerprint density at radius 1 is 1.25 bits per heavy atom. The van der Waals surface area contributed by atoms with Crippen LogP contribution in [0.25, 0.3) is 0 Å². The predicted molar refractivity (Wildman–Crippen MR) is 80.3 cm³/mol. The Labute approximate surface area is 130 Å². The summed E-state index contributed by atoms with van der Waals surface area (Å²) >= 11 is 17.9. The monoisotopic (exact) mass is 330 g/mol. The summed E-state index contributed by atoms with van der Waals surface area (Å²) in [6, 6.07) is 6.48. The Morgan fingerprint density at radius 3 is 2.50 bits per heavy atom. The van der Waals surface area contributed by atoms with Crippen molar-refractivity contribution in [2.45, 2.75) is 0 Å². The van der Waals surface area contributed by atoms with E-state index in [-0.39, 0.29) is 10.7 Å². The summed E-state index contributed by atoms with van der Waals surface area (Å²) in [6.07, 6.45) is 1.41. The van der Waals surface area contributed by atoms with Gasteiger partial charge in [-0.1, -0.05) is 40.9 Å². The average Bonchev–Trinajstić information content (AvgIpc) is 2.43. The van der Waals surface area contributed by atoms with Gasteiger partial charge in [0.05, 0.1) is 40.3 Å². The Kier molecular flexibility index (Phi) is 4.70. The lowest BCUT2D eigenvalue weighted by Crippen LogP contribution is -2.06. The van der Waals surface area contributed by atoms with Gasteiger partial charge in [-0.25, -0.2) is 9.78 Å². The van der Waals surface area contributed by atoms with Crippen molar-refractivity contribution in [3.8, 4) is 0 Å². The number of halogens is 3. The minimum absolute atomic E-state index is 0.182. The third-order valence-corrected chi connectivity index (χ3v) is 3.33. The highest BCUT2D eigenvalue weighted by atomic mass is 35.5. The van der Waals surface area contributed by atoms with Gasteiger partial charge in [0.2, 0.25) is 0 Å². The van der Waals surface area contributed by atoms with Gasteiger partial charge in [0.25, 0.3) is 0 Å². The molecule has 20 heavy (non-hydrogen) atoms. The average molecular weight is 332 g/mol. The Balaban J connectivity index is 2.46. The van der Waals surface area contributed by atoms with Gasteiger partial charge in [-0.3, -0.25) is 0 Å². The zero-order valence-corrected chi connectivity index (χ0v) is 12.6. The van der Waals surface area contributed by atoms with Gasteiger partial charge >= 0.3 is 5.97 Å². The number of benzene rings is 1. The molecule has 0 spiro atoms. The summed E-state index contributed by atoms with van der Waals surface area (Å²) in [5.74, 6) is -0.542. The molecule has 2 aromatic rings. The number of ether oxygens (including phenoxy) is 1. The molecule has 0 saturated heterocycles. The molecular formula is C13H9Cl3N2O2. The first-order valence-corrected chi connectivity index (χ1v) is 6.61. The molecule has 0 saturated carbocycles. The second-order valence-electron chi connectivity index (χ2n) is 3.77. The molecular weight excluding hydrogens is 323 g/mol. The van der Waals surface area contributed by atoms with E-state index >= 15 is 0 Å². The van der Waals surface area contributed by atoms with Crippen LogP contribution in [0.1, 0.15) is 10.4 Å². The quantitative estimate of drug-likeness (QED) is 0.661. The van der Waals surface area contributed by atoms with Gasteiger partial charge in [0.15, 0.2) is 0 Å². The molecule has 1 N–H and O–H groups in total. The third kappa shape index (κ3) is 3.15. The first kappa shape index (κ1) is 14.9. The summed E-state index contributed by atoms with van der Waals surface area (Å²) in [6.45, 7) is 0. The summed E-state index contributed by atoms with van der Waals surface area (Å²) in [7, 11) is 1.28. The fraction of sp³-hybridized carbons (Fsp3) is 0.0769. The molecule has 0 radical (unpaired) electrons. The van der Waals surface area contributed by atoms with Crippen LogP contribution in [0.2, 0.25) is 15.2 Å². The smallest absolute Gasteiger partial charge is 0.340 e. The van der Waals surface area contributed by atoms with E-state index in [4.69, 9.17) is 39.5 Å². The SMILES string of the molecule is COC(=O)c1cc(Cl)ncc1Nc1c(Cl)cccc1Cl. The fourth-order valence-electron chi connectivity index (χ4n) is 1.56. The maximum absolute atomic E-state index is 11.7. The van der Waals surface area contributed by atoms with E-state index in [9.17, 15) is 4.79 Å². The number of para-hydroxylation sites is 1. The standard InChI is InChI=1S/C13H9Cl3N2O2/c1-20-13(19)7-5-11(16)17-6-10(7)18-12-8(14)3-2-4-9(12)15/h2-6,18H,1H3. The molecule has 0 amide bonds. The predicted octanol–water partition coefficient (Wildman–Crippen LogP) is 4.57. The lowest BCUT2D eigenvalue weighted by Gasteiger charge is -2.13. The molecule has 0 aliphatic rings. The number of nitrogens with one attached hydrogen (secondary N) is 1. The van der Waals surface area contributed by atoms with Gasteiger partial charge in [-0.05, 0) is 18.2 Å². The number of methoxy groups -OCH3 is 1. The zero-order valence-electron chi connectivity index (χ0n) is 10.3. The molecule has 1 heterocycles. The van der Waals surface area contributed by atoms with Gasteiger partial charge in [-0.15, -0.1) is 0 Å². The lowest BCUT2D eigenvalue weighted by atomic mass is 10.2. The van der Waals surface area contributed by atoms with Gasteiger partial charge < -0.3 is 10.1 Å². The summed E-state index contributed by atoms with van der Waals surface area (Å²) in [4.78, 5) is 15.7. The summed E-state index contributed by atoms with van der Waals surface area (Å²) < 4.78 is 4.70. The Bertz CT molecular complexity index is 642. The first-order chi connectivity index (χ1) is 9.52. The normalized spacial score (nSPS) is 10.2. The minimum atomic E-state index is -0.542. The number of carbonyl (C=O) groups is 1. The highest BCUT2D eigenvalue weighted by Gasteiger charge is 2.15. The minimum Gasteiger partial charge on any atom is -0.465 e. The Morgan fingerprint density at radius 2 is 1.90 bits per heavy atom. The molecule has 0 bridgehead atoms. The maximum atomic E-state index is 11.7. The van der Waals surface area contributed by atoms with Crippen LogP contribution in [0.3, 0.4) is 0 Å². The van der Waals surface area contributed by atoms with Crippen molar-refractivity contribution >= 4 is 52.1 Å². The number of carbonyl (C=O) groups excluding carboxylic acids is 1. The van der Waals surface area contributed by atoms with Crippen LogP contribution in [0.15, 0.2) is 30.5 Å². The largest absolute Gasteiger partial charge is 0.465 e. The van der Waals surface area contributed by atoms with E-state index < -0.39 is 5.97 Å². The van der Waals surface area contributed by atoms with Crippen LogP contribution < -0.4 is 5.32 Å². The van der Waals surface area contributed by atoms with Crippen molar-refractivity contribution in [3.05, 3.63) is 51.2 Å². The van der Waals surface area contributed by atoms with E-state index in [0.29, 0.717) is 21.4 Å². The number of anilines is 2. The maximum Gasteiger partial charge on any atom is 0.340 e. The summed E-state index contributed by atoms with van der Waals surface area (Å²) in [5, 5.41) is 3.99. The molecule has 2 rings (SSSR count). The zero-order chi connectivity index (χ0) is 14.7. The molecule has 0 aliphatic heterocycles. The van der Waals surface area contributed by atoms with Crippen LogP contribution in [-0.4, -0.2) is 18.1 Å². The molecule has 1 aromatic heterocycles. The van der Waals surface area contributed by atoms with E-state index in [2.05, 4.69) is 10.3 Å². The van der Waals surface area contributed by atoms with Crippen molar-refractivity contribution in [1.29, 1.82) is 0 Å². The second kappa shape index (κ2) is 6.31. The van der Waals surface area contributed by atoms with E-state index in [0.717, 1.165) is 0 Å². The van der Waals surface area contributed by atoms with Gasteiger partial charge in [0, 0.05) is 0 Å². The van der Waals surface area contributed by atoms with E-state index in [1.54, 1.807) is 18.2 Å². The molecule has 1 aromatic carbocycles. The molecule has 7 heteroatoms. The number of aromatic nitrogens is 1. The van der Waals surface area contributed by atoms with E-state index in [1.165, 1.54) is 19.4 Å². The van der Waals surface area contributed by atoms with Crippen molar-refractivity contribution in [2.24, 2.45) is 0 Å². The van der Waals surface area contributed by atoms with Crippen LogP contribution >= 0.6 is 34.8 Å². The summed E-state index contributed by atoms with van der Waals surface area (Å²) in [5.41, 5.74) is 1.12. The molecule has 0 atom stereocenters. The van der Waals surface area contributed by atoms with Gasteiger partial charge in [-0.2, -0.15) is 0 Å². The van der Waals surface area contributed by atoms with Crippen LogP contribution in [-0.2, 0) is 4.74 Å². The molecule has 104 valence electrons. The second-order valence-corrected chi connectivity index (χ2v) is 4.97. The number of esters is 1. The number of hydrogen-bond donors (Lipinski definition) is 1. The Hall–Kier alpha value is -1.49. The van der Waals surface area contributed by atoms with Crippen LogP contribution in [0.5, 0.6) is 0 Å². The molecule has 0 unspecified atom stereocenters. The highest BCUT2D eigenvalue weighted by molar-refractivity contribution is 6.39. The topological polar surface area (TPSA) is 51.2 Å². The molecule has 4 nitrogen and oxygen atoms in total. The van der Waals surface area contributed by atoms with Crippen molar-refractivity contribution in [1.82, 2.24) is 4.98 Å². The third-order valence-electron chi connectivity index (χ3n) is 2.50.